The lowest BCUT2D eigenvalue weighted by Gasteiger charge is -2.36. The maximum Gasteiger partial charge on any atom is 0.243 e. The first-order valence-corrected chi connectivity index (χ1v) is 10.3. The molecule has 1 saturated heterocycles. The van der Waals surface area contributed by atoms with Gasteiger partial charge in [-0.3, -0.25) is 0 Å². The van der Waals surface area contributed by atoms with Crippen LogP contribution in [0, 0.1) is 27.7 Å². The molecule has 0 spiro atoms. The third kappa shape index (κ3) is 3.31. The summed E-state index contributed by atoms with van der Waals surface area (Å²) in [6, 6.07) is 9.12. The minimum Gasteiger partial charge on any atom is -0.508 e. The van der Waals surface area contributed by atoms with E-state index in [1.165, 1.54) is 0 Å². The Morgan fingerprint density at radius 2 is 1.46 bits per heavy atom. The molecule has 0 bridgehead atoms. The highest BCUT2D eigenvalue weighted by Gasteiger charge is 2.31. The number of rotatable bonds is 3. The Morgan fingerprint density at radius 1 is 0.885 bits per heavy atom. The fourth-order valence-electron chi connectivity index (χ4n) is 3.57. The second-order valence-electron chi connectivity index (χ2n) is 7.00. The van der Waals surface area contributed by atoms with Crippen LogP contribution in [0.3, 0.4) is 0 Å². The monoisotopic (exact) mass is 374 g/mol. The highest BCUT2D eigenvalue weighted by Crippen LogP contribution is 2.30. The number of hydrogen-bond donors (Lipinski definition) is 1. The van der Waals surface area contributed by atoms with E-state index in [2.05, 4.69) is 4.90 Å². The van der Waals surface area contributed by atoms with Gasteiger partial charge in [0.15, 0.2) is 0 Å². The third-order valence-electron chi connectivity index (χ3n) is 5.33. The van der Waals surface area contributed by atoms with Gasteiger partial charge < -0.3 is 10.0 Å². The highest BCUT2D eigenvalue weighted by atomic mass is 32.2. The number of aromatic hydroxyl groups is 1. The van der Waals surface area contributed by atoms with Crippen LogP contribution in [-0.4, -0.2) is 44.0 Å². The van der Waals surface area contributed by atoms with Crippen LogP contribution in [0.15, 0.2) is 35.2 Å². The minimum absolute atomic E-state index is 0.221. The van der Waals surface area contributed by atoms with E-state index in [1.54, 1.807) is 22.5 Å². The molecule has 1 aliphatic heterocycles. The molecule has 2 aromatic rings. The summed E-state index contributed by atoms with van der Waals surface area (Å²) < 4.78 is 28.2. The molecule has 140 valence electrons. The van der Waals surface area contributed by atoms with Gasteiger partial charge in [-0.05, 0) is 62.1 Å². The van der Waals surface area contributed by atoms with Crippen LogP contribution in [-0.2, 0) is 10.0 Å². The summed E-state index contributed by atoms with van der Waals surface area (Å²) in [5.74, 6) is 0.221. The molecule has 1 heterocycles. The normalized spacial score (nSPS) is 16.1. The molecule has 1 fully saturated rings. The molecule has 26 heavy (non-hydrogen) atoms. The SMILES string of the molecule is Cc1cc(C)c(C)c(S(=O)(=O)N2CCN(c3cccc(O)c3)CC2)c1C. The maximum atomic E-state index is 13.3. The van der Waals surface area contributed by atoms with Crippen molar-refractivity contribution < 1.29 is 13.5 Å². The second-order valence-corrected chi connectivity index (χ2v) is 8.88. The Labute approximate surface area is 155 Å². The summed E-state index contributed by atoms with van der Waals surface area (Å²) in [4.78, 5) is 2.56. The second kappa shape index (κ2) is 6.93. The van der Waals surface area contributed by atoms with Crippen molar-refractivity contribution in [3.8, 4) is 5.75 Å². The third-order valence-corrected chi connectivity index (χ3v) is 7.50. The van der Waals surface area contributed by atoms with Crippen molar-refractivity contribution in [1.29, 1.82) is 0 Å². The standard InChI is InChI=1S/C20H26N2O3S/c1-14-12-15(2)17(4)20(16(14)3)26(24,25)22-10-8-21(9-11-22)18-6-5-7-19(23)13-18/h5-7,12-13,23H,8-11H2,1-4H3. The minimum atomic E-state index is -3.52. The van der Waals surface area contributed by atoms with Crippen LogP contribution >= 0.6 is 0 Å². The summed E-state index contributed by atoms with van der Waals surface area (Å²) in [5, 5.41) is 9.65. The van der Waals surface area contributed by atoms with Crippen molar-refractivity contribution in [3.63, 3.8) is 0 Å². The van der Waals surface area contributed by atoms with Gasteiger partial charge in [0.25, 0.3) is 0 Å². The first-order valence-electron chi connectivity index (χ1n) is 8.83. The van der Waals surface area contributed by atoms with Gasteiger partial charge in [0.1, 0.15) is 5.75 Å². The molecule has 0 saturated carbocycles. The zero-order valence-corrected chi connectivity index (χ0v) is 16.6. The average molecular weight is 375 g/mol. The van der Waals surface area contributed by atoms with Gasteiger partial charge >= 0.3 is 0 Å². The van der Waals surface area contributed by atoms with Gasteiger partial charge in [0.05, 0.1) is 4.90 Å². The van der Waals surface area contributed by atoms with E-state index in [0.29, 0.717) is 31.1 Å². The van der Waals surface area contributed by atoms with Gasteiger partial charge in [0, 0.05) is 37.9 Å². The van der Waals surface area contributed by atoms with Crippen LogP contribution in [0.5, 0.6) is 5.75 Å². The lowest BCUT2D eigenvalue weighted by atomic mass is 10.0. The molecular weight excluding hydrogens is 348 g/mol. The van der Waals surface area contributed by atoms with E-state index in [-0.39, 0.29) is 5.75 Å². The zero-order chi connectivity index (χ0) is 19.1. The summed E-state index contributed by atoms with van der Waals surface area (Å²) >= 11 is 0. The van der Waals surface area contributed by atoms with E-state index in [4.69, 9.17) is 0 Å². The van der Waals surface area contributed by atoms with Gasteiger partial charge in [-0.1, -0.05) is 12.1 Å². The van der Waals surface area contributed by atoms with Gasteiger partial charge in [-0.2, -0.15) is 4.31 Å². The molecule has 1 N–H and O–H groups in total. The van der Waals surface area contributed by atoms with Crippen LogP contribution in [0.4, 0.5) is 5.69 Å². The van der Waals surface area contributed by atoms with Gasteiger partial charge in [0.2, 0.25) is 10.0 Å². The smallest absolute Gasteiger partial charge is 0.243 e. The molecule has 1 aliphatic rings. The zero-order valence-electron chi connectivity index (χ0n) is 15.8. The van der Waals surface area contributed by atoms with Crippen molar-refractivity contribution in [2.24, 2.45) is 0 Å². The molecule has 6 heteroatoms. The van der Waals surface area contributed by atoms with Gasteiger partial charge in [-0.25, -0.2) is 8.42 Å². The Morgan fingerprint density at radius 3 is 2.00 bits per heavy atom. The molecule has 3 rings (SSSR count). The number of phenolic OH excluding ortho intramolecular Hbond substituents is 1. The first kappa shape index (κ1) is 18.7. The number of piperazine rings is 1. The summed E-state index contributed by atoms with van der Waals surface area (Å²) in [6.45, 7) is 9.77. The fourth-order valence-corrected chi connectivity index (χ4v) is 5.57. The quantitative estimate of drug-likeness (QED) is 0.897. The Kier molecular flexibility index (Phi) is 4.99. The molecule has 0 atom stereocenters. The number of sulfonamides is 1. The number of hydrogen-bond acceptors (Lipinski definition) is 4. The number of benzene rings is 2. The number of nitrogens with zero attached hydrogens (tertiary/aromatic N) is 2. The van der Waals surface area contributed by atoms with Crippen molar-refractivity contribution >= 4 is 15.7 Å². The molecule has 2 aromatic carbocycles. The Bertz CT molecular complexity index is 904. The van der Waals surface area contributed by atoms with Crippen molar-refractivity contribution in [2.75, 3.05) is 31.1 Å². The molecule has 0 aliphatic carbocycles. The number of aryl methyl sites for hydroxylation is 2. The predicted molar refractivity (Wildman–Crippen MR) is 104 cm³/mol. The Hall–Kier alpha value is -2.05. The average Bonchev–Trinajstić information content (AvgIpc) is 2.60. The van der Waals surface area contributed by atoms with Crippen molar-refractivity contribution in [3.05, 3.63) is 52.6 Å². The maximum absolute atomic E-state index is 13.3. The predicted octanol–water partition coefficient (Wildman–Crippen LogP) is 3.14. The topological polar surface area (TPSA) is 60.9 Å². The lowest BCUT2D eigenvalue weighted by Crippen LogP contribution is -2.49. The van der Waals surface area contributed by atoms with E-state index >= 15 is 0 Å². The van der Waals surface area contributed by atoms with Crippen LogP contribution in [0.2, 0.25) is 0 Å². The largest absolute Gasteiger partial charge is 0.508 e. The van der Waals surface area contributed by atoms with Crippen LogP contribution in [0.25, 0.3) is 0 Å². The van der Waals surface area contributed by atoms with Gasteiger partial charge in [-0.15, -0.1) is 0 Å². The molecule has 0 radical (unpaired) electrons. The van der Waals surface area contributed by atoms with E-state index in [1.807, 2.05) is 39.8 Å². The summed E-state index contributed by atoms with van der Waals surface area (Å²) in [6.07, 6.45) is 0. The fraction of sp³-hybridized carbons (Fsp3) is 0.400. The van der Waals surface area contributed by atoms with E-state index in [0.717, 1.165) is 27.9 Å². The molecule has 0 unspecified atom stereocenters. The number of anilines is 1. The molecule has 0 aromatic heterocycles. The Balaban J connectivity index is 1.85. The first-order chi connectivity index (χ1) is 12.2. The highest BCUT2D eigenvalue weighted by molar-refractivity contribution is 7.89. The molecule has 0 amide bonds. The van der Waals surface area contributed by atoms with Crippen LogP contribution < -0.4 is 4.90 Å². The molecule has 5 nitrogen and oxygen atoms in total. The van der Waals surface area contributed by atoms with E-state index < -0.39 is 10.0 Å². The van der Waals surface area contributed by atoms with Crippen molar-refractivity contribution in [2.45, 2.75) is 32.6 Å². The molecular formula is C20H26N2O3S. The summed E-state index contributed by atoms with van der Waals surface area (Å²) in [7, 11) is -3.52. The van der Waals surface area contributed by atoms with E-state index in [9.17, 15) is 13.5 Å². The lowest BCUT2D eigenvalue weighted by molar-refractivity contribution is 0.384. The summed E-state index contributed by atoms with van der Waals surface area (Å²) in [5.41, 5.74) is 4.60. The number of phenols is 1. The van der Waals surface area contributed by atoms with Crippen molar-refractivity contribution in [1.82, 2.24) is 4.31 Å². The van der Waals surface area contributed by atoms with Crippen LogP contribution in [0.1, 0.15) is 22.3 Å².